The summed E-state index contributed by atoms with van der Waals surface area (Å²) in [6, 6.07) is 1.87. The zero-order chi connectivity index (χ0) is 18.0. The molecule has 3 heterocycles. The summed E-state index contributed by atoms with van der Waals surface area (Å²) >= 11 is 0. The Morgan fingerprint density at radius 3 is 2.56 bits per heavy atom. The van der Waals surface area contributed by atoms with Gasteiger partial charge in [0, 0.05) is 30.3 Å². The predicted molar refractivity (Wildman–Crippen MR) is 93.2 cm³/mol. The van der Waals surface area contributed by atoms with Gasteiger partial charge in [-0.3, -0.25) is 9.69 Å². The van der Waals surface area contributed by atoms with E-state index in [1.165, 1.54) is 11.2 Å². The van der Waals surface area contributed by atoms with Crippen molar-refractivity contribution in [2.24, 2.45) is 11.3 Å². The third kappa shape index (κ3) is 4.08. The highest BCUT2D eigenvalue weighted by Crippen LogP contribution is 2.26. The molecule has 0 unspecified atom stereocenters. The zero-order valence-electron chi connectivity index (χ0n) is 15.2. The molecule has 0 aliphatic carbocycles. The fraction of sp³-hybridized carbons (Fsp3) is 0.667. The van der Waals surface area contributed by atoms with E-state index in [1.54, 1.807) is 0 Å². The second-order valence-corrected chi connectivity index (χ2v) is 7.82. The van der Waals surface area contributed by atoms with Gasteiger partial charge in [0.2, 0.25) is 5.91 Å². The lowest BCUT2D eigenvalue weighted by molar-refractivity contribution is -0.140. The van der Waals surface area contributed by atoms with Crippen LogP contribution in [0, 0.1) is 11.3 Å². The Bertz CT molecular complexity index is 648. The maximum atomic E-state index is 12.4. The number of amides is 2. The Labute approximate surface area is 148 Å². The fourth-order valence-electron chi connectivity index (χ4n) is 3.36. The average molecular weight is 346 g/mol. The monoisotopic (exact) mass is 346 g/mol. The number of nitrogens with zero attached hydrogens (tertiary/aromatic N) is 4. The molecule has 0 spiro atoms. The van der Waals surface area contributed by atoms with E-state index in [0.717, 1.165) is 38.0 Å². The molecular formula is C18H26N4O3. The number of cyclic esters (lactones) is 1. The van der Waals surface area contributed by atoms with Crippen LogP contribution in [0.5, 0.6) is 0 Å². The highest BCUT2D eigenvalue weighted by molar-refractivity contribution is 5.88. The molecule has 2 saturated heterocycles. The van der Waals surface area contributed by atoms with Crippen molar-refractivity contribution in [1.82, 2.24) is 14.9 Å². The van der Waals surface area contributed by atoms with E-state index in [0.29, 0.717) is 24.9 Å². The van der Waals surface area contributed by atoms with Crippen LogP contribution in [0.4, 0.5) is 10.6 Å². The molecular weight excluding hydrogens is 320 g/mol. The van der Waals surface area contributed by atoms with Crippen LogP contribution >= 0.6 is 0 Å². The number of carbonyl (C=O) groups excluding carboxylic acids is 2. The Balaban J connectivity index is 1.57. The predicted octanol–water partition coefficient (Wildman–Crippen LogP) is 2.26. The summed E-state index contributed by atoms with van der Waals surface area (Å²) in [6.07, 6.45) is 3.96. The Morgan fingerprint density at radius 1 is 1.24 bits per heavy atom. The molecule has 0 radical (unpaired) electrons. The van der Waals surface area contributed by atoms with E-state index in [1.807, 2.05) is 31.7 Å². The number of ether oxygens (including phenoxy) is 1. The summed E-state index contributed by atoms with van der Waals surface area (Å²) in [4.78, 5) is 36.1. The molecule has 2 amide bonds. The van der Waals surface area contributed by atoms with Crippen LogP contribution in [0.15, 0.2) is 12.4 Å². The average Bonchev–Trinajstić information content (AvgIpc) is 3.00. The molecule has 25 heavy (non-hydrogen) atoms. The summed E-state index contributed by atoms with van der Waals surface area (Å²) < 4.78 is 4.96. The molecule has 0 aromatic carbocycles. The van der Waals surface area contributed by atoms with Gasteiger partial charge in [0.1, 0.15) is 18.8 Å². The van der Waals surface area contributed by atoms with Crippen molar-refractivity contribution in [3.8, 4) is 0 Å². The van der Waals surface area contributed by atoms with Crippen molar-refractivity contribution in [3.63, 3.8) is 0 Å². The van der Waals surface area contributed by atoms with E-state index in [4.69, 9.17) is 4.74 Å². The minimum absolute atomic E-state index is 0.225. The Hall–Kier alpha value is -2.18. The minimum Gasteiger partial charge on any atom is -0.447 e. The topological polar surface area (TPSA) is 75.6 Å². The van der Waals surface area contributed by atoms with Crippen LogP contribution in [0.25, 0.3) is 0 Å². The van der Waals surface area contributed by atoms with E-state index < -0.39 is 0 Å². The number of anilines is 1. The second kappa shape index (κ2) is 6.98. The van der Waals surface area contributed by atoms with Gasteiger partial charge in [-0.1, -0.05) is 20.8 Å². The maximum Gasteiger partial charge on any atom is 0.415 e. The molecule has 0 atom stereocenters. The maximum absolute atomic E-state index is 12.4. The third-order valence-electron chi connectivity index (χ3n) is 4.79. The number of likely N-dealkylation sites (tertiary alicyclic amines) is 1. The van der Waals surface area contributed by atoms with Gasteiger partial charge >= 0.3 is 6.09 Å². The van der Waals surface area contributed by atoms with Gasteiger partial charge in [-0.2, -0.15) is 0 Å². The van der Waals surface area contributed by atoms with Gasteiger partial charge in [0.25, 0.3) is 0 Å². The van der Waals surface area contributed by atoms with Crippen molar-refractivity contribution in [2.75, 3.05) is 31.1 Å². The lowest BCUT2D eigenvalue weighted by Crippen LogP contribution is -2.44. The quantitative estimate of drug-likeness (QED) is 0.839. The smallest absolute Gasteiger partial charge is 0.415 e. The number of rotatable bonds is 3. The van der Waals surface area contributed by atoms with E-state index >= 15 is 0 Å². The molecule has 7 nitrogen and oxygen atoms in total. The molecule has 0 saturated carbocycles. The number of aromatic nitrogens is 2. The normalized spacial score (nSPS) is 19.2. The van der Waals surface area contributed by atoms with Crippen molar-refractivity contribution in [2.45, 2.75) is 40.0 Å². The zero-order valence-corrected chi connectivity index (χ0v) is 15.2. The highest BCUT2D eigenvalue weighted by atomic mass is 16.6. The van der Waals surface area contributed by atoms with Crippen molar-refractivity contribution in [1.29, 1.82) is 0 Å². The summed E-state index contributed by atoms with van der Waals surface area (Å²) in [5.74, 6) is 1.33. The third-order valence-corrected chi connectivity index (χ3v) is 4.79. The van der Waals surface area contributed by atoms with Crippen molar-refractivity contribution >= 4 is 17.8 Å². The lowest BCUT2D eigenvalue weighted by atomic mass is 9.89. The van der Waals surface area contributed by atoms with Gasteiger partial charge in [-0.25, -0.2) is 14.8 Å². The lowest BCUT2D eigenvalue weighted by Gasteiger charge is -2.35. The molecule has 1 aromatic heterocycles. The van der Waals surface area contributed by atoms with Crippen LogP contribution < -0.4 is 4.90 Å². The highest BCUT2D eigenvalue weighted by Gasteiger charge is 2.30. The van der Waals surface area contributed by atoms with E-state index in [9.17, 15) is 9.59 Å². The standard InChI is InChI=1S/C18H26N4O3/c1-18(2,3)16(23)21-6-4-13(5-7-21)10-14-11-15(20-12-19-14)22-8-9-25-17(22)24/h11-13H,4-10H2,1-3H3. The molecule has 0 bridgehead atoms. The van der Waals surface area contributed by atoms with Crippen LogP contribution in [0.2, 0.25) is 0 Å². The van der Waals surface area contributed by atoms with Crippen molar-refractivity contribution in [3.05, 3.63) is 18.1 Å². The van der Waals surface area contributed by atoms with Crippen LogP contribution in [-0.4, -0.2) is 53.1 Å². The number of carbonyl (C=O) groups is 2. The second-order valence-electron chi connectivity index (χ2n) is 7.82. The van der Waals surface area contributed by atoms with Crippen LogP contribution in [0.1, 0.15) is 39.3 Å². The van der Waals surface area contributed by atoms with Gasteiger partial charge < -0.3 is 9.64 Å². The molecule has 1 aromatic rings. The molecule has 3 rings (SSSR count). The molecule has 136 valence electrons. The summed E-state index contributed by atoms with van der Waals surface area (Å²) in [6.45, 7) is 8.43. The first-order valence-corrected chi connectivity index (χ1v) is 8.89. The number of piperidine rings is 1. The summed E-state index contributed by atoms with van der Waals surface area (Å²) in [7, 11) is 0. The van der Waals surface area contributed by atoms with E-state index in [-0.39, 0.29) is 17.4 Å². The fourth-order valence-corrected chi connectivity index (χ4v) is 3.36. The Morgan fingerprint density at radius 2 is 1.96 bits per heavy atom. The van der Waals surface area contributed by atoms with Crippen molar-refractivity contribution < 1.29 is 14.3 Å². The van der Waals surface area contributed by atoms with Gasteiger partial charge in [0.05, 0.1) is 6.54 Å². The molecule has 2 aliphatic rings. The number of hydrogen-bond donors (Lipinski definition) is 0. The van der Waals surface area contributed by atoms with Gasteiger partial charge in [-0.15, -0.1) is 0 Å². The van der Waals surface area contributed by atoms with E-state index in [2.05, 4.69) is 9.97 Å². The first-order valence-electron chi connectivity index (χ1n) is 8.89. The molecule has 7 heteroatoms. The first kappa shape index (κ1) is 17.6. The van der Waals surface area contributed by atoms with Crippen LogP contribution in [-0.2, 0) is 16.0 Å². The molecule has 0 N–H and O–H groups in total. The number of hydrogen-bond acceptors (Lipinski definition) is 5. The molecule has 2 aliphatic heterocycles. The minimum atomic E-state index is -0.348. The summed E-state index contributed by atoms with van der Waals surface area (Å²) in [5.41, 5.74) is 0.615. The Kier molecular flexibility index (Phi) is 4.92. The SMILES string of the molecule is CC(C)(C)C(=O)N1CCC(Cc2cc(N3CCOC3=O)ncn2)CC1. The van der Waals surface area contributed by atoms with Crippen LogP contribution in [0.3, 0.4) is 0 Å². The summed E-state index contributed by atoms with van der Waals surface area (Å²) in [5, 5.41) is 0. The van der Waals surface area contributed by atoms with Gasteiger partial charge in [-0.05, 0) is 25.2 Å². The van der Waals surface area contributed by atoms with Gasteiger partial charge in [0.15, 0.2) is 0 Å². The first-order chi connectivity index (χ1) is 11.8. The molecule has 2 fully saturated rings. The largest absolute Gasteiger partial charge is 0.447 e.